The fourth-order valence-electron chi connectivity index (χ4n) is 3.06. The Bertz CT molecular complexity index is 1170. The predicted octanol–water partition coefficient (Wildman–Crippen LogP) is 2.90. The van der Waals surface area contributed by atoms with Gasteiger partial charge in [-0.1, -0.05) is 25.1 Å². The second-order valence-electron chi connectivity index (χ2n) is 6.33. The first-order valence-electron chi connectivity index (χ1n) is 9.02. The summed E-state index contributed by atoms with van der Waals surface area (Å²) in [6.07, 6.45) is 3.93. The number of nitrogens with zero attached hydrogens (tertiary/aromatic N) is 4. The van der Waals surface area contributed by atoms with Crippen molar-refractivity contribution in [2.45, 2.75) is 26.4 Å². The molecule has 0 aliphatic heterocycles. The Morgan fingerprint density at radius 2 is 1.93 bits per heavy atom. The Balaban J connectivity index is 1.69. The Morgan fingerprint density at radius 3 is 2.68 bits per heavy atom. The van der Waals surface area contributed by atoms with Gasteiger partial charge in [0.2, 0.25) is 0 Å². The molecule has 28 heavy (non-hydrogen) atoms. The third-order valence-electron chi connectivity index (χ3n) is 4.36. The molecule has 0 radical (unpaired) electrons. The van der Waals surface area contributed by atoms with Crippen molar-refractivity contribution in [2.24, 2.45) is 0 Å². The molecule has 0 unspecified atom stereocenters. The SMILES string of the molecule is CCCn1nc(C(=O)Nc2ccnn2Cc2ccco2)c2ccccc2c1=O. The van der Waals surface area contributed by atoms with Gasteiger partial charge in [-0.05, 0) is 24.6 Å². The van der Waals surface area contributed by atoms with Crippen molar-refractivity contribution in [3.8, 4) is 0 Å². The number of benzene rings is 1. The van der Waals surface area contributed by atoms with Crippen molar-refractivity contribution in [1.29, 1.82) is 0 Å². The number of rotatable bonds is 6. The van der Waals surface area contributed by atoms with E-state index in [1.54, 1.807) is 53.5 Å². The van der Waals surface area contributed by atoms with Gasteiger partial charge in [-0.2, -0.15) is 10.2 Å². The van der Waals surface area contributed by atoms with Gasteiger partial charge >= 0.3 is 0 Å². The zero-order valence-corrected chi connectivity index (χ0v) is 15.3. The number of aryl methyl sites for hydroxylation is 1. The first-order valence-corrected chi connectivity index (χ1v) is 9.02. The van der Waals surface area contributed by atoms with Gasteiger partial charge in [0.1, 0.15) is 18.1 Å². The van der Waals surface area contributed by atoms with Crippen molar-refractivity contribution >= 4 is 22.5 Å². The van der Waals surface area contributed by atoms with Gasteiger partial charge in [-0.15, -0.1) is 0 Å². The summed E-state index contributed by atoms with van der Waals surface area (Å²) in [5.41, 5.74) is 0.00580. The van der Waals surface area contributed by atoms with Crippen LogP contribution in [-0.4, -0.2) is 25.5 Å². The Hall–Kier alpha value is -3.68. The van der Waals surface area contributed by atoms with E-state index in [9.17, 15) is 9.59 Å². The van der Waals surface area contributed by atoms with Crippen molar-refractivity contribution in [1.82, 2.24) is 19.6 Å². The lowest BCUT2D eigenvalue weighted by Gasteiger charge is -2.11. The number of fused-ring (bicyclic) bond motifs is 1. The first kappa shape index (κ1) is 17.7. The molecule has 4 rings (SSSR count). The summed E-state index contributed by atoms with van der Waals surface area (Å²) >= 11 is 0. The second kappa shape index (κ2) is 7.51. The molecule has 3 aromatic heterocycles. The fraction of sp³-hybridized carbons (Fsp3) is 0.200. The predicted molar refractivity (Wildman–Crippen MR) is 104 cm³/mol. The minimum absolute atomic E-state index is 0.197. The third kappa shape index (κ3) is 3.32. The number of furan rings is 1. The van der Waals surface area contributed by atoms with E-state index in [1.165, 1.54) is 4.68 Å². The molecule has 0 bridgehead atoms. The summed E-state index contributed by atoms with van der Waals surface area (Å²) in [6, 6.07) is 12.3. The van der Waals surface area contributed by atoms with Crippen molar-refractivity contribution < 1.29 is 9.21 Å². The summed E-state index contributed by atoms with van der Waals surface area (Å²) < 4.78 is 8.31. The van der Waals surface area contributed by atoms with Gasteiger partial charge in [0.05, 0.1) is 17.8 Å². The maximum atomic E-state index is 13.0. The lowest BCUT2D eigenvalue weighted by molar-refractivity contribution is 0.102. The molecule has 3 heterocycles. The molecule has 0 fully saturated rings. The monoisotopic (exact) mass is 377 g/mol. The van der Waals surface area contributed by atoms with E-state index in [-0.39, 0.29) is 11.3 Å². The molecule has 0 saturated carbocycles. The van der Waals surface area contributed by atoms with Crippen LogP contribution in [0.5, 0.6) is 0 Å². The van der Waals surface area contributed by atoms with Gasteiger partial charge in [0, 0.05) is 18.0 Å². The molecule has 1 N–H and O–H groups in total. The average Bonchev–Trinajstić information content (AvgIpc) is 3.37. The number of hydrogen-bond donors (Lipinski definition) is 1. The molecule has 0 saturated heterocycles. The Morgan fingerprint density at radius 1 is 1.11 bits per heavy atom. The van der Waals surface area contributed by atoms with Crippen LogP contribution < -0.4 is 10.9 Å². The smallest absolute Gasteiger partial charge is 0.277 e. The van der Waals surface area contributed by atoms with Gasteiger partial charge in [-0.25, -0.2) is 9.36 Å². The average molecular weight is 377 g/mol. The lowest BCUT2D eigenvalue weighted by atomic mass is 10.1. The topological polar surface area (TPSA) is 95.0 Å². The summed E-state index contributed by atoms with van der Waals surface area (Å²) in [4.78, 5) is 25.6. The highest BCUT2D eigenvalue weighted by molar-refractivity contribution is 6.10. The molecule has 0 spiro atoms. The quantitative estimate of drug-likeness (QED) is 0.557. The minimum Gasteiger partial charge on any atom is -0.467 e. The Labute approximate surface area is 160 Å². The molecule has 1 aromatic carbocycles. The van der Waals surface area contributed by atoms with Crippen LogP contribution in [0.1, 0.15) is 29.6 Å². The zero-order chi connectivity index (χ0) is 19.5. The fourth-order valence-corrected chi connectivity index (χ4v) is 3.06. The van der Waals surface area contributed by atoms with Crippen LogP contribution in [0.4, 0.5) is 5.82 Å². The highest BCUT2D eigenvalue weighted by Gasteiger charge is 2.18. The van der Waals surface area contributed by atoms with Crippen LogP contribution in [0.2, 0.25) is 0 Å². The highest BCUT2D eigenvalue weighted by Crippen LogP contribution is 2.16. The largest absolute Gasteiger partial charge is 0.467 e. The Kier molecular flexibility index (Phi) is 4.76. The molecule has 0 aliphatic rings. The van der Waals surface area contributed by atoms with Crippen LogP contribution in [-0.2, 0) is 13.1 Å². The number of nitrogens with one attached hydrogen (secondary N) is 1. The van der Waals surface area contributed by atoms with Crippen LogP contribution in [0.3, 0.4) is 0 Å². The number of hydrogen-bond acceptors (Lipinski definition) is 5. The number of anilines is 1. The zero-order valence-electron chi connectivity index (χ0n) is 15.3. The standard InChI is InChI=1S/C20H19N5O3/c1-2-11-24-20(27)16-8-4-3-7-15(16)18(23-24)19(26)22-17-9-10-21-25(17)13-14-6-5-12-28-14/h3-10,12H,2,11,13H2,1H3,(H,22,26). The highest BCUT2D eigenvalue weighted by atomic mass is 16.3. The van der Waals surface area contributed by atoms with E-state index < -0.39 is 5.91 Å². The molecule has 4 aromatic rings. The molecule has 0 aliphatic carbocycles. The molecule has 142 valence electrons. The number of carbonyl (C=O) groups excluding carboxylic acids is 1. The first-order chi connectivity index (χ1) is 13.7. The summed E-state index contributed by atoms with van der Waals surface area (Å²) in [5, 5.41) is 12.4. The van der Waals surface area contributed by atoms with E-state index in [2.05, 4.69) is 15.5 Å². The molecular formula is C20H19N5O3. The van der Waals surface area contributed by atoms with Gasteiger partial charge in [0.15, 0.2) is 5.69 Å². The molecule has 8 nitrogen and oxygen atoms in total. The maximum Gasteiger partial charge on any atom is 0.277 e. The van der Waals surface area contributed by atoms with E-state index in [4.69, 9.17) is 4.42 Å². The van der Waals surface area contributed by atoms with Crippen molar-refractivity contribution in [2.75, 3.05) is 5.32 Å². The number of aromatic nitrogens is 4. The number of amides is 1. The second-order valence-corrected chi connectivity index (χ2v) is 6.33. The van der Waals surface area contributed by atoms with Crippen molar-refractivity contribution in [3.63, 3.8) is 0 Å². The summed E-state index contributed by atoms with van der Waals surface area (Å²) in [6.45, 7) is 2.79. The summed E-state index contributed by atoms with van der Waals surface area (Å²) in [5.74, 6) is 0.835. The van der Waals surface area contributed by atoms with E-state index >= 15 is 0 Å². The normalized spacial score (nSPS) is 11.0. The van der Waals surface area contributed by atoms with Crippen LogP contribution in [0.25, 0.3) is 10.8 Å². The summed E-state index contributed by atoms with van der Waals surface area (Å²) in [7, 11) is 0. The van der Waals surface area contributed by atoms with Crippen LogP contribution in [0.15, 0.2) is 64.1 Å². The van der Waals surface area contributed by atoms with Crippen LogP contribution >= 0.6 is 0 Å². The van der Waals surface area contributed by atoms with E-state index in [1.807, 2.05) is 13.0 Å². The van der Waals surface area contributed by atoms with Crippen molar-refractivity contribution in [3.05, 3.63) is 76.7 Å². The van der Waals surface area contributed by atoms with Crippen LogP contribution in [0, 0.1) is 0 Å². The molecule has 0 atom stereocenters. The lowest BCUT2D eigenvalue weighted by Crippen LogP contribution is -2.28. The minimum atomic E-state index is -0.401. The molecule has 1 amide bonds. The third-order valence-corrected chi connectivity index (χ3v) is 4.36. The van der Waals surface area contributed by atoms with E-state index in [0.29, 0.717) is 29.7 Å². The molecule has 8 heteroatoms. The maximum absolute atomic E-state index is 13.0. The van der Waals surface area contributed by atoms with E-state index in [0.717, 1.165) is 12.2 Å². The van der Waals surface area contributed by atoms with Gasteiger partial charge in [0.25, 0.3) is 11.5 Å². The molecular weight excluding hydrogens is 358 g/mol. The number of carbonyl (C=O) groups is 1. The van der Waals surface area contributed by atoms with Gasteiger partial charge < -0.3 is 9.73 Å². The van der Waals surface area contributed by atoms with Gasteiger partial charge in [-0.3, -0.25) is 9.59 Å².